The standard InChI is InChI=1S/C18H19NO6S/c1-23-14-10(8-11(18(21)22)15(24-2)16(14)25-3)12-6-7-13(26-12)17(20)19-9-4-5-9/h6-9H,4-5H2,1-3H3,(H,19,20)(H,21,22). The van der Waals surface area contributed by atoms with Crippen molar-refractivity contribution in [3.63, 3.8) is 0 Å². The number of carboxylic acids is 1. The van der Waals surface area contributed by atoms with Crippen molar-refractivity contribution >= 4 is 23.2 Å². The first-order valence-electron chi connectivity index (χ1n) is 7.97. The highest BCUT2D eigenvalue weighted by atomic mass is 32.1. The highest BCUT2D eigenvalue weighted by Crippen LogP contribution is 2.48. The zero-order valence-corrected chi connectivity index (χ0v) is 15.4. The smallest absolute Gasteiger partial charge is 0.339 e. The minimum Gasteiger partial charge on any atom is -0.492 e. The van der Waals surface area contributed by atoms with Crippen LogP contribution in [0, 0.1) is 0 Å². The van der Waals surface area contributed by atoms with Gasteiger partial charge in [0.25, 0.3) is 5.91 Å². The lowest BCUT2D eigenvalue weighted by molar-refractivity contribution is 0.0692. The molecule has 8 heteroatoms. The SMILES string of the molecule is COc1c(C(=O)O)cc(-c2ccc(C(=O)NC3CC3)s2)c(OC)c1OC. The zero-order chi connectivity index (χ0) is 18.8. The lowest BCUT2D eigenvalue weighted by Gasteiger charge is -2.17. The zero-order valence-electron chi connectivity index (χ0n) is 14.6. The van der Waals surface area contributed by atoms with Crippen LogP contribution in [0.4, 0.5) is 0 Å². The maximum atomic E-state index is 12.2. The van der Waals surface area contributed by atoms with Crippen LogP contribution in [0.5, 0.6) is 17.2 Å². The van der Waals surface area contributed by atoms with E-state index in [1.807, 2.05) is 0 Å². The van der Waals surface area contributed by atoms with E-state index < -0.39 is 5.97 Å². The number of rotatable bonds is 7. The van der Waals surface area contributed by atoms with Crippen molar-refractivity contribution in [2.75, 3.05) is 21.3 Å². The first kappa shape index (κ1) is 18.1. The van der Waals surface area contributed by atoms with Gasteiger partial charge in [0.15, 0.2) is 11.5 Å². The third-order valence-corrected chi connectivity index (χ3v) is 5.16. The van der Waals surface area contributed by atoms with Crippen molar-refractivity contribution < 1.29 is 28.9 Å². The van der Waals surface area contributed by atoms with Gasteiger partial charge in [-0.15, -0.1) is 11.3 Å². The first-order valence-corrected chi connectivity index (χ1v) is 8.79. The molecule has 26 heavy (non-hydrogen) atoms. The summed E-state index contributed by atoms with van der Waals surface area (Å²) in [6.45, 7) is 0. The minimum absolute atomic E-state index is 0.0440. The molecular weight excluding hydrogens is 358 g/mol. The molecule has 1 heterocycles. The molecule has 138 valence electrons. The average molecular weight is 377 g/mol. The Hall–Kier alpha value is -2.74. The lowest BCUT2D eigenvalue weighted by atomic mass is 10.1. The van der Waals surface area contributed by atoms with Gasteiger partial charge in [-0.2, -0.15) is 0 Å². The van der Waals surface area contributed by atoms with E-state index >= 15 is 0 Å². The Labute approximate surface area is 154 Å². The molecule has 3 rings (SSSR count). The van der Waals surface area contributed by atoms with Crippen LogP contribution < -0.4 is 19.5 Å². The minimum atomic E-state index is -1.15. The molecule has 0 unspecified atom stereocenters. The number of carboxylic acid groups (broad SMARTS) is 1. The van der Waals surface area contributed by atoms with Crippen LogP contribution in [0.3, 0.4) is 0 Å². The molecule has 2 aromatic rings. The molecule has 1 amide bonds. The highest BCUT2D eigenvalue weighted by molar-refractivity contribution is 7.17. The van der Waals surface area contributed by atoms with E-state index in [0.717, 1.165) is 12.8 Å². The summed E-state index contributed by atoms with van der Waals surface area (Å²) < 4.78 is 16.0. The summed E-state index contributed by atoms with van der Waals surface area (Å²) in [4.78, 5) is 25.1. The molecule has 1 aliphatic rings. The number of thiophene rings is 1. The third-order valence-electron chi connectivity index (χ3n) is 4.04. The van der Waals surface area contributed by atoms with Crippen LogP contribution in [-0.2, 0) is 0 Å². The van der Waals surface area contributed by atoms with Crippen LogP contribution in [0.2, 0.25) is 0 Å². The van der Waals surface area contributed by atoms with Crippen molar-refractivity contribution in [2.24, 2.45) is 0 Å². The Kier molecular flexibility index (Phi) is 5.03. The van der Waals surface area contributed by atoms with Gasteiger partial charge in [-0.25, -0.2) is 4.79 Å². The van der Waals surface area contributed by atoms with Crippen LogP contribution >= 0.6 is 11.3 Å². The topological polar surface area (TPSA) is 94.1 Å². The molecule has 1 aliphatic carbocycles. The van der Waals surface area contributed by atoms with Gasteiger partial charge < -0.3 is 24.6 Å². The average Bonchev–Trinajstić information content (AvgIpc) is 3.31. The molecule has 2 N–H and O–H groups in total. The number of hydrogen-bond donors (Lipinski definition) is 2. The molecule has 0 bridgehead atoms. The highest BCUT2D eigenvalue weighted by Gasteiger charge is 2.27. The predicted octanol–water partition coefficient (Wildman–Crippen LogP) is 3.03. The number of methoxy groups -OCH3 is 3. The van der Waals surface area contributed by atoms with E-state index in [1.165, 1.54) is 38.7 Å². The van der Waals surface area contributed by atoms with Gasteiger partial charge in [-0.05, 0) is 31.0 Å². The number of carbonyl (C=O) groups is 2. The molecule has 1 aromatic heterocycles. The molecule has 0 aliphatic heterocycles. The third kappa shape index (κ3) is 3.32. The molecule has 7 nitrogen and oxygen atoms in total. The van der Waals surface area contributed by atoms with E-state index in [0.29, 0.717) is 21.1 Å². The monoisotopic (exact) mass is 377 g/mol. The number of carbonyl (C=O) groups excluding carboxylic acids is 1. The number of benzene rings is 1. The molecule has 0 spiro atoms. The number of hydrogen-bond acceptors (Lipinski definition) is 6. The Morgan fingerprint density at radius 2 is 1.73 bits per heavy atom. The number of amides is 1. The second-order valence-electron chi connectivity index (χ2n) is 5.79. The van der Waals surface area contributed by atoms with E-state index in [2.05, 4.69) is 5.32 Å². The number of ether oxygens (including phenoxy) is 3. The van der Waals surface area contributed by atoms with E-state index in [1.54, 1.807) is 12.1 Å². The lowest BCUT2D eigenvalue weighted by Crippen LogP contribution is -2.24. The number of aromatic carboxylic acids is 1. The van der Waals surface area contributed by atoms with Gasteiger partial charge in [-0.1, -0.05) is 0 Å². The number of nitrogens with one attached hydrogen (secondary N) is 1. The molecule has 1 saturated carbocycles. The van der Waals surface area contributed by atoms with Crippen molar-refractivity contribution in [3.8, 4) is 27.7 Å². The van der Waals surface area contributed by atoms with Crippen LogP contribution in [-0.4, -0.2) is 44.4 Å². The van der Waals surface area contributed by atoms with Gasteiger partial charge >= 0.3 is 5.97 Å². The Bertz CT molecular complexity index is 856. The molecule has 0 atom stereocenters. The largest absolute Gasteiger partial charge is 0.492 e. The fraction of sp³-hybridized carbons (Fsp3) is 0.333. The van der Waals surface area contributed by atoms with Crippen molar-refractivity contribution in [1.82, 2.24) is 5.32 Å². The molecule has 0 radical (unpaired) electrons. The van der Waals surface area contributed by atoms with E-state index in [9.17, 15) is 14.7 Å². The Morgan fingerprint density at radius 3 is 2.27 bits per heavy atom. The fourth-order valence-electron chi connectivity index (χ4n) is 2.64. The normalized spacial score (nSPS) is 13.2. The van der Waals surface area contributed by atoms with Crippen molar-refractivity contribution in [2.45, 2.75) is 18.9 Å². The molecule has 0 saturated heterocycles. The van der Waals surface area contributed by atoms with Gasteiger partial charge in [0.1, 0.15) is 5.56 Å². The molecule has 1 fully saturated rings. The van der Waals surface area contributed by atoms with Crippen molar-refractivity contribution in [1.29, 1.82) is 0 Å². The fourth-order valence-corrected chi connectivity index (χ4v) is 3.57. The summed E-state index contributed by atoms with van der Waals surface area (Å²) in [5, 5.41) is 12.4. The van der Waals surface area contributed by atoms with E-state index in [-0.39, 0.29) is 29.0 Å². The summed E-state index contributed by atoms with van der Waals surface area (Å²) in [6.07, 6.45) is 2.02. The van der Waals surface area contributed by atoms with Gasteiger partial charge in [-0.3, -0.25) is 4.79 Å². The second-order valence-corrected chi connectivity index (χ2v) is 6.87. The van der Waals surface area contributed by atoms with Gasteiger partial charge in [0, 0.05) is 16.5 Å². The molecule has 1 aromatic carbocycles. The van der Waals surface area contributed by atoms with Gasteiger partial charge in [0.2, 0.25) is 5.75 Å². The first-order chi connectivity index (χ1) is 12.5. The Morgan fingerprint density at radius 1 is 1.08 bits per heavy atom. The predicted molar refractivity (Wildman–Crippen MR) is 96.9 cm³/mol. The second kappa shape index (κ2) is 7.25. The summed E-state index contributed by atoms with van der Waals surface area (Å²) in [5.41, 5.74) is 0.482. The Balaban J connectivity index is 2.08. The quantitative estimate of drug-likeness (QED) is 0.770. The maximum absolute atomic E-state index is 12.2. The summed E-state index contributed by atoms with van der Waals surface area (Å²) in [5.74, 6) is -0.634. The van der Waals surface area contributed by atoms with Crippen LogP contribution in [0.15, 0.2) is 18.2 Å². The molecular formula is C18H19NO6S. The summed E-state index contributed by atoms with van der Waals surface area (Å²) in [6, 6.07) is 5.22. The van der Waals surface area contributed by atoms with Crippen LogP contribution in [0.25, 0.3) is 10.4 Å². The van der Waals surface area contributed by atoms with E-state index in [4.69, 9.17) is 14.2 Å². The van der Waals surface area contributed by atoms with Crippen LogP contribution in [0.1, 0.15) is 32.9 Å². The summed E-state index contributed by atoms with van der Waals surface area (Å²) >= 11 is 1.27. The van der Waals surface area contributed by atoms with Crippen molar-refractivity contribution in [3.05, 3.63) is 28.6 Å². The maximum Gasteiger partial charge on any atom is 0.339 e. The van der Waals surface area contributed by atoms with Gasteiger partial charge in [0.05, 0.1) is 26.2 Å². The summed E-state index contributed by atoms with van der Waals surface area (Å²) in [7, 11) is 4.25.